The van der Waals surface area contributed by atoms with Crippen molar-refractivity contribution in [3.8, 4) is 0 Å². The van der Waals surface area contributed by atoms with Gasteiger partial charge in [0.2, 0.25) is 5.91 Å². The molecule has 130 valence electrons. The van der Waals surface area contributed by atoms with Gasteiger partial charge < -0.3 is 9.72 Å². The van der Waals surface area contributed by atoms with Gasteiger partial charge in [0, 0.05) is 18.8 Å². The Morgan fingerprint density at radius 3 is 2.56 bits per heavy atom. The predicted octanol–water partition coefficient (Wildman–Crippen LogP) is 3.60. The molecule has 2 heterocycles. The number of amides is 1. The van der Waals surface area contributed by atoms with Crippen LogP contribution in [0.25, 0.3) is 5.65 Å². The fraction of sp³-hybridized carbons (Fsp3) is 0.222. The number of alkyl halides is 3. The second-order valence-corrected chi connectivity index (χ2v) is 5.68. The molecular formula is C18H16F3N3O. The van der Waals surface area contributed by atoms with Crippen LogP contribution in [0.3, 0.4) is 0 Å². The second-order valence-electron chi connectivity index (χ2n) is 5.68. The summed E-state index contributed by atoms with van der Waals surface area (Å²) in [6.07, 6.45) is -0.947. The summed E-state index contributed by atoms with van der Waals surface area (Å²) >= 11 is 0. The Bertz CT molecular complexity index is 872. The SMILES string of the molecule is O=C(CCc1ccccc1)NCc1cn2cc(C(F)(F)F)ccc2n1. The van der Waals surface area contributed by atoms with Gasteiger partial charge in [0.25, 0.3) is 0 Å². The molecule has 0 aliphatic rings. The Morgan fingerprint density at radius 1 is 1.08 bits per heavy atom. The summed E-state index contributed by atoms with van der Waals surface area (Å²) in [6, 6.07) is 11.9. The summed E-state index contributed by atoms with van der Waals surface area (Å²) in [5.74, 6) is -0.128. The molecule has 25 heavy (non-hydrogen) atoms. The average Bonchev–Trinajstić information content (AvgIpc) is 3.00. The van der Waals surface area contributed by atoms with Gasteiger partial charge in [-0.05, 0) is 24.1 Å². The maximum atomic E-state index is 12.7. The van der Waals surface area contributed by atoms with Gasteiger partial charge in [-0.15, -0.1) is 0 Å². The monoisotopic (exact) mass is 347 g/mol. The van der Waals surface area contributed by atoms with Crippen molar-refractivity contribution in [3.63, 3.8) is 0 Å². The number of carbonyl (C=O) groups excluding carboxylic acids is 1. The normalized spacial score (nSPS) is 11.6. The van der Waals surface area contributed by atoms with Gasteiger partial charge in [-0.3, -0.25) is 4.79 Å². The van der Waals surface area contributed by atoms with Crippen LogP contribution in [-0.4, -0.2) is 15.3 Å². The lowest BCUT2D eigenvalue weighted by Crippen LogP contribution is -2.23. The lowest BCUT2D eigenvalue weighted by Gasteiger charge is -2.05. The molecule has 7 heteroatoms. The van der Waals surface area contributed by atoms with Crippen molar-refractivity contribution in [3.05, 3.63) is 71.7 Å². The number of nitrogens with one attached hydrogen (secondary N) is 1. The van der Waals surface area contributed by atoms with E-state index in [4.69, 9.17) is 0 Å². The van der Waals surface area contributed by atoms with Crippen molar-refractivity contribution >= 4 is 11.6 Å². The molecular weight excluding hydrogens is 331 g/mol. The van der Waals surface area contributed by atoms with Crippen molar-refractivity contribution in [2.24, 2.45) is 0 Å². The fourth-order valence-electron chi connectivity index (χ4n) is 2.48. The summed E-state index contributed by atoms with van der Waals surface area (Å²) in [5.41, 5.74) is 1.25. The van der Waals surface area contributed by atoms with Crippen LogP contribution in [0.15, 0.2) is 54.9 Å². The maximum absolute atomic E-state index is 12.7. The molecule has 0 aliphatic carbocycles. The number of aromatic nitrogens is 2. The number of benzene rings is 1. The van der Waals surface area contributed by atoms with E-state index in [9.17, 15) is 18.0 Å². The van der Waals surface area contributed by atoms with Crippen LogP contribution in [0, 0.1) is 0 Å². The van der Waals surface area contributed by atoms with Gasteiger partial charge in [-0.25, -0.2) is 4.98 Å². The number of halogens is 3. The molecule has 0 bridgehead atoms. The summed E-state index contributed by atoms with van der Waals surface area (Å²) in [4.78, 5) is 16.1. The van der Waals surface area contributed by atoms with E-state index in [1.54, 1.807) is 0 Å². The Labute approximate surface area is 142 Å². The van der Waals surface area contributed by atoms with E-state index in [0.717, 1.165) is 17.8 Å². The molecule has 0 atom stereocenters. The third kappa shape index (κ3) is 4.37. The number of aryl methyl sites for hydroxylation is 1. The van der Waals surface area contributed by atoms with Crippen molar-refractivity contribution in [1.29, 1.82) is 0 Å². The lowest BCUT2D eigenvalue weighted by molar-refractivity contribution is -0.137. The van der Waals surface area contributed by atoms with Crippen LogP contribution in [0.4, 0.5) is 13.2 Å². The second kappa shape index (κ2) is 6.96. The summed E-state index contributed by atoms with van der Waals surface area (Å²) in [5, 5.41) is 2.74. The van der Waals surface area contributed by atoms with Crippen LogP contribution in [0.1, 0.15) is 23.2 Å². The van der Waals surface area contributed by atoms with Crippen LogP contribution >= 0.6 is 0 Å². The van der Waals surface area contributed by atoms with Crippen molar-refractivity contribution in [1.82, 2.24) is 14.7 Å². The summed E-state index contributed by atoms with van der Waals surface area (Å²) in [6.45, 7) is 0.177. The quantitative estimate of drug-likeness (QED) is 0.766. The van der Waals surface area contributed by atoms with Crippen molar-refractivity contribution < 1.29 is 18.0 Å². The smallest absolute Gasteiger partial charge is 0.350 e. The Hall–Kier alpha value is -2.83. The first-order valence-electron chi connectivity index (χ1n) is 7.77. The van der Waals surface area contributed by atoms with E-state index in [-0.39, 0.29) is 12.5 Å². The first-order chi connectivity index (χ1) is 11.9. The zero-order valence-electron chi connectivity index (χ0n) is 13.3. The Kier molecular flexibility index (Phi) is 4.74. The molecule has 0 aliphatic heterocycles. The number of rotatable bonds is 5. The molecule has 0 radical (unpaired) electrons. The van der Waals surface area contributed by atoms with Gasteiger partial charge in [-0.2, -0.15) is 13.2 Å². The van der Waals surface area contributed by atoms with E-state index in [0.29, 0.717) is 24.2 Å². The topological polar surface area (TPSA) is 46.4 Å². The van der Waals surface area contributed by atoms with Gasteiger partial charge in [0.1, 0.15) is 5.65 Å². The zero-order chi connectivity index (χ0) is 17.9. The lowest BCUT2D eigenvalue weighted by atomic mass is 10.1. The van der Waals surface area contributed by atoms with Gasteiger partial charge in [0.15, 0.2) is 0 Å². The standard InChI is InChI=1S/C18H16F3N3O/c19-18(20,21)14-7-8-16-23-15(12-24(16)11-14)10-22-17(25)9-6-13-4-2-1-3-5-13/h1-5,7-8,11-12H,6,9-10H2,(H,22,25). The first kappa shape index (κ1) is 17.0. The number of carbonyl (C=O) groups is 1. The molecule has 0 saturated heterocycles. The highest BCUT2D eigenvalue weighted by Gasteiger charge is 2.30. The van der Waals surface area contributed by atoms with E-state index < -0.39 is 11.7 Å². The van der Waals surface area contributed by atoms with E-state index in [1.165, 1.54) is 16.7 Å². The Balaban J connectivity index is 1.58. The molecule has 0 spiro atoms. The molecule has 1 amide bonds. The maximum Gasteiger partial charge on any atom is 0.417 e. The molecule has 0 saturated carbocycles. The zero-order valence-corrected chi connectivity index (χ0v) is 13.3. The number of pyridine rings is 1. The van der Waals surface area contributed by atoms with E-state index >= 15 is 0 Å². The molecule has 4 nitrogen and oxygen atoms in total. The summed E-state index contributed by atoms with van der Waals surface area (Å²) in [7, 11) is 0. The third-order valence-electron chi connectivity index (χ3n) is 3.78. The van der Waals surface area contributed by atoms with Crippen LogP contribution in [-0.2, 0) is 23.9 Å². The molecule has 1 aromatic carbocycles. The molecule has 3 rings (SSSR count). The third-order valence-corrected chi connectivity index (χ3v) is 3.78. The number of nitrogens with zero attached hydrogens (tertiary/aromatic N) is 2. The average molecular weight is 347 g/mol. The molecule has 1 N–H and O–H groups in total. The number of hydrogen-bond acceptors (Lipinski definition) is 2. The largest absolute Gasteiger partial charge is 0.417 e. The molecule has 2 aromatic heterocycles. The highest BCUT2D eigenvalue weighted by molar-refractivity contribution is 5.76. The highest BCUT2D eigenvalue weighted by atomic mass is 19.4. The van der Waals surface area contributed by atoms with Gasteiger partial charge >= 0.3 is 6.18 Å². The minimum absolute atomic E-state index is 0.128. The predicted molar refractivity (Wildman–Crippen MR) is 86.8 cm³/mol. The van der Waals surface area contributed by atoms with Crippen LogP contribution in [0.5, 0.6) is 0 Å². The van der Waals surface area contributed by atoms with Crippen LogP contribution in [0.2, 0.25) is 0 Å². The minimum Gasteiger partial charge on any atom is -0.350 e. The first-order valence-corrected chi connectivity index (χ1v) is 7.77. The Morgan fingerprint density at radius 2 is 1.84 bits per heavy atom. The van der Waals surface area contributed by atoms with Crippen molar-refractivity contribution in [2.45, 2.75) is 25.6 Å². The van der Waals surface area contributed by atoms with Crippen LogP contribution < -0.4 is 5.32 Å². The number of imidazole rings is 1. The minimum atomic E-state index is -4.40. The highest BCUT2D eigenvalue weighted by Crippen LogP contribution is 2.29. The van der Waals surface area contributed by atoms with E-state index in [2.05, 4.69) is 10.3 Å². The fourth-order valence-corrected chi connectivity index (χ4v) is 2.48. The number of fused-ring (bicyclic) bond motifs is 1. The van der Waals surface area contributed by atoms with Gasteiger partial charge in [0.05, 0.1) is 17.8 Å². The molecule has 3 aromatic rings. The molecule has 0 fully saturated rings. The summed E-state index contributed by atoms with van der Waals surface area (Å²) < 4.78 is 39.4. The van der Waals surface area contributed by atoms with Gasteiger partial charge in [-0.1, -0.05) is 30.3 Å². The molecule has 0 unspecified atom stereocenters. The van der Waals surface area contributed by atoms with E-state index in [1.807, 2.05) is 30.3 Å². The number of hydrogen-bond donors (Lipinski definition) is 1. The van der Waals surface area contributed by atoms with Crippen molar-refractivity contribution in [2.75, 3.05) is 0 Å².